The first kappa shape index (κ1) is 14.9. The highest BCUT2D eigenvalue weighted by Gasteiger charge is 2.12. The van der Waals surface area contributed by atoms with E-state index in [2.05, 4.69) is 22.4 Å². The molecule has 0 saturated carbocycles. The Morgan fingerprint density at radius 2 is 1.70 bits per heavy atom. The summed E-state index contributed by atoms with van der Waals surface area (Å²) in [5, 5.41) is 3.36. The van der Waals surface area contributed by atoms with Crippen LogP contribution < -0.4 is 9.88 Å². The third-order valence-electron chi connectivity index (χ3n) is 3.51. The van der Waals surface area contributed by atoms with Crippen molar-refractivity contribution in [2.45, 2.75) is 13.1 Å². The van der Waals surface area contributed by atoms with Crippen LogP contribution in [-0.4, -0.2) is 10.8 Å². The van der Waals surface area contributed by atoms with Gasteiger partial charge in [-0.15, -0.1) is 0 Å². The zero-order valence-corrected chi connectivity index (χ0v) is 12.7. The molecule has 0 radical (unpaired) electrons. The number of aromatic nitrogens is 2. The molecule has 0 aliphatic carbocycles. The van der Waals surface area contributed by atoms with E-state index in [9.17, 15) is 4.79 Å². The van der Waals surface area contributed by atoms with E-state index in [-0.39, 0.29) is 12.3 Å². The van der Waals surface area contributed by atoms with Crippen LogP contribution in [0.3, 0.4) is 0 Å². The fourth-order valence-electron chi connectivity index (χ4n) is 2.26. The first-order valence-electron chi connectivity index (χ1n) is 7.52. The fourth-order valence-corrected chi connectivity index (χ4v) is 2.26. The number of hydrogen-bond acceptors (Lipinski definition) is 3. The summed E-state index contributed by atoms with van der Waals surface area (Å²) in [4.78, 5) is 16.2. The number of Topliss-reactive ketones (excluding diaryl/α,β-unsaturated/α-hetero) is 1. The van der Waals surface area contributed by atoms with Crippen LogP contribution in [0.2, 0.25) is 0 Å². The van der Waals surface area contributed by atoms with Gasteiger partial charge in [0, 0.05) is 30.6 Å². The van der Waals surface area contributed by atoms with Crippen LogP contribution in [-0.2, 0) is 13.1 Å². The van der Waals surface area contributed by atoms with Gasteiger partial charge in [-0.2, -0.15) is 4.57 Å². The number of hydrogen-bond donors (Lipinski definition) is 1. The average molecular weight is 304 g/mol. The van der Waals surface area contributed by atoms with E-state index < -0.39 is 0 Å². The van der Waals surface area contributed by atoms with Crippen LogP contribution in [0.4, 0.5) is 5.69 Å². The highest BCUT2D eigenvalue weighted by molar-refractivity contribution is 5.93. The van der Waals surface area contributed by atoms with Gasteiger partial charge in [-0.1, -0.05) is 36.4 Å². The number of carbonyl (C=O) groups excluding carboxylic acids is 1. The minimum Gasteiger partial charge on any atom is -0.381 e. The Bertz CT molecular complexity index is 756. The summed E-state index contributed by atoms with van der Waals surface area (Å²) in [6.07, 6.45) is 5.43. The van der Waals surface area contributed by atoms with Crippen molar-refractivity contribution in [3.63, 3.8) is 0 Å². The molecular formula is C19H18N3O+. The molecule has 0 aliphatic heterocycles. The second-order valence-corrected chi connectivity index (χ2v) is 5.24. The quantitative estimate of drug-likeness (QED) is 0.562. The zero-order chi connectivity index (χ0) is 15.9. The predicted molar refractivity (Wildman–Crippen MR) is 89.0 cm³/mol. The molecule has 0 bridgehead atoms. The molecule has 1 aromatic carbocycles. The molecule has 2 heterocycles. The van der Waals surface area contributed by atoms with Crippen molar-refractivity contribution in [2.75, 3.05) is 5.32 Å². The highest BCUT2D eigenvalue weighted by Crippen LogP contribution is 2.06. The first-order valence-corrected chi connectivity index (χ1v) is 7.52. The molecule has 0 saturated heterocycles. The maximum atomic E-state index is 12.1. The number of pyridine rings is 2. The molecule has 0 atom stereocenters. The molecular weight excluding hydrogens is 286 g/mol. The van der Waals surface area contributed by atoms with Gasteiger partial charge in [0.05, 0.1) is 0 Å². The molecule has 0 aliphatic rings. The van der Waals surface area contributed by atoms with Crippen LogP contribution in [0.5, 0.6) is 0 Å². The summed E-state index contributed by atoms with van der Waals surface area (Å²) in [5.74, 6) is 0.000551. The number of ketones is 1. The van der Waals surface area contributed by atoms with Gasteiger partial charge in [-0.3, -0.25) is 9.78 Å². The standard InChI is InChI=1S/C19H17N3O/c23-19(18-8-4-5-11-20-18)15-22-12-9-17(10-13-22)21-14-16-6-2-1-3-7-16/h1-13H,14-15H2/p+1. The van der Waals surface area contributed by atoms with Crippen LogP contribution in [0.1, 0.15) is 16.1 Å². The summed E-state index contributed by atoms with van der Waals surface area (Å²) in [6, 6.07) is 19.5. The van der Waals surface area contributed by atoms with Crippen molar-refractivity contribution in [1.82, 2.24) is 4.98 Å². The van der Waals surface area contributed by atoms with E-state index in [1.54, 1.807) is 18.3 Å². The molecule has 23 heavy (non-hydrogen) atoms. The molecule has 0 fully saturated rings. The molecule has 3 rings (SSSR count). The van der Waals surface area contributed by atoms with Crippen LogP contribution in [0.25, 0.3) is 0 Å². The van der Waals surface area contributed by atoms with E-state index in [0.29, 0.717) is 5.69 Å². The summed E-state index contributed by atoms with van der Waals surface area (Å²) < 4.78 is 1.85. The predicted octanol–water partition coefficient (Wildman–Crippen LogP) is 2.86. The number of nitrogens with zero attached hydrogens (tertiary/aromatic N) is 2. The Morgan fingerprint density at radius 1 is 0.957 bits per heavy atom. The third-order valence-corrected chi connectivity index (χ3v) is 3.51. The summed E-state index contributed by atoms with van der Waals surface area (Å²) in [6.45, 7) is 1.06. The molecule has 0 unspecified atom stereocenters. The minimum absolute atomic E-state index is 0.000551. The molecule has 0 spiro atoms. The largest absolute Gasteiger partial charge is 0.381 e. The summed E-state index contributed by atoms with van der Waals surface area (Å²) >= 11 is 0. The van der Waals surface area contributed by atoms with Crippen molar-refractivity contribution in [3.8, 4) is 0 Å². The Hall–Kier alpha value is -3.01. The topological polar surface area (TPSA) is 45.9 Å². The lowest BCUT2D eigenvalue weighted by molar-refractivity contribution is -0.683. The van der Waals surface area contributed by atoms with Gasteiger partial charge in [0.25, 0.3) is 0 Å². The number of nitrogens with one attached hydrogen (secondary N) is 1. The second kappa shape index (κ2) is 7.31. The SMILES string of the molecule is O=C(C[n+]1ccc(NCc2ccccc2)cc1)c1ccccn1. The number of anilines is 1. The Labute approximate surface area is 135 Å². The maximum Gasteiger partial charge on any atom is 0.245 e. The van der Waals surface area contributed by atoms with Gasteiger partial charge in [0.2, 0.25) is 12.3 Å². The molecule has 4 nitrogen and oxygen atoms in total. The van der Waals surface area contributed by atoms with Gasteiger partial charge in [-0.05, 0) is 17.7 Å². The molecule has 0 amide bonds. The molecule has 1 N–H and O–H groups in total. The van der Waals surface area contributed by atoms with Gasteiger partial charge in [0.1, 0.15) is 5.69 Å². The lowest BCUT2D eigenvalue weighted by atomic mass is 10.2. The molecule has 4 heteroatoms. The van der Waals surface area contributed by atoms with E-state index in [1.165, 1.54) is 5.56 Å². The minimum atomic E-state index is 0.000551. The van der Waals surface area contributed by atoms with E-state index in [0.717, 1.165) is 12.2 Å². The van der Waals surface area contributed by atoms with Crippen molar-refractivity contribution in [3.05, 3.63) is 90.5 Å². The molecule has 114 valence electrons. The van der Waals surface area contributed by atoms with Gasteiger partial charge in [0.15, 0.2) is 12.4 Å². The average Bonchev–Trinajstić information content (AvgIpc) is 2.63. The van der Waals surface area contributed by atoms with Crippen LogP contribution in [0.15, 0.2) is 79.3 Å². The van der Waals surface area contributed by atoms with Gasteiger partial charge in [-0.25, -0.2) is 0 Å². The number of benzene rings is 1. The van der Waals surface area contributed by atoms with E-state index in [4.69, 9.17) is 0 Å². The van der Waals surface area contributed by atoms with Crippen molar-refractivity contribution in [2.24, 2.45) is 0 Å². The van der Waals surface area contributed by atoms with Gasteiger partial charge >= 0.3 is 0 Å². The smallest absolute Gasteiger partial charge is 0.245 e. The van der Waals surface area contributed by atoms with Crippen LogP contribution in [0, 0.1) is 0 Å². The van der Waals surface area contributed by atoms with E-state index >= 15 is 0 Å². The summed E-state index contributed by atoms with van der Waals surface area (Å²) in [5.41, 5.74) is 2.75. The lowest BCUT2D eigenvalue weighted by Crippen LogP contribution is -2.37. The maximum absolute atomic E-state index is 12.1. The zero-order valence-electron chi connectivity index (χ0n) is 12.7. The highest BCUT2D eigenvalue weighted by atomic mass is 16.1. The van der Waals surface area contributed by atoms with E-state index in [1.807, 2.05) is 53.4 Å². The third kappa shape index (κ3) is 4.23. The first-order chi connectivity index (χ1) is 11.3. The fraction of sp³-hybridized carbons (Fsp3) is 0.105. The normalized spacial score (nSPS) is 10.3. The number of rotatable bonds is 6. The Balaban J connectivity index is 1.58. The van der Waals surface area contributed by atoms with Crippen LogP contribution >= 0.6 is 0 Å². The lowest BCUT2D eigenvalue weighted by Gasteiger charge is -2.05. The Kier molecular flexibility index (Phi) is 4.74. The molecule has 2 aromatic heterocycles. The van der Waals surface area contributed by atoms with Gasteiger partial charge < -0.3 is 5.32 Å². The van der Waals surface area contributed by atoms with Crippen molar-refractivity contribution in [1.29, 1.82) is 0 Å². The molecule has 3 aromatic rings. The Morgan fingerprint density at radius 3 is 2.39 bits per heavy atom. The summed E-state index contributed by atoms with van der Waals surface area (Å²) in [7, 11) is 0. The number of carbonyl (C=O) groups is 1. The monoisotopic (exact) mass is 304 g/mol. The second-order valence-electron chi connectivity index (χ2n) is 5.24. The van der Waals surface area contributed by atoms with Crippen molar-refractivity contribution < 1.29 is 9.36 Å². The van der Waals surface area contributed by atoms with Crippen molar-refractivity contribution >= 4 is 11.5 Å².